The van der Waals surface area contributed by atoms with E-state index in [1.807, 2.05) is 19.1 Å². The van der Waals surface area contributed by atoms with E-state index in [4.69, 9.17) is 4.74 Å². The number of rotatable bonds is 10. The van der Waals surface area contributed by atoms with Gasteiger partial charge in [-0.05, 0) is 43.5 Å². The van der Waals surface area contributed by atoms with Crippen LogP contribution >= 0.6 is 0 Å². The molecular weight excluding hydrogens is 282 g/mol. The first kappa shape index (κ1) is 18.2. The monoisotopic (exact) mass is 311 g/mol. The van der Waals surface area contributed by atoms with E-state index in [-0.39, 0.29) is 6.04 Å². The maximum Gasteiger partial charge on any atom is 0.119 e. The number of nitrogens with one attached hydrogen (secondary N) is 1. The van der Waals surface area contributed by atoms with Gasteiger partial charge in [-0.15, -0.1) is 0 Å². The maximum absolute atomic E-state index is 12.2. The van der Waals surface area contributed by atoms with Crippen LogP contribution in [0.1, 0.15) is 45.7 Å². The fourth-order valence-corrected chi connectivity index (χ4v) is 3.74. The molecule has 0 radical (unpaired) electrons. The highest BCUT2D eigenvalue weighted by Crippen LogP contribution is 2.19. The van der Waals surface area contributed by atoms with E-state index in [2.05, 4.69) is 38.2 Å². The minimum atomic E-state index is -0.787. The topological polar surface area (TPSA) is 38.3 Å². The lowest BCUT2D eigenvalue weighted by molar-refractivity contribution is 0.340. The highest BCUT2D eigenvalue weighted by molar-refractivity contribution is 7.85. The molecule has 0 bridgehead atoms. The molecule has 0 aliphatic carbocycles. The van der Waals surface area contributed by atoms with Crippen LogP contribution in [0.4, 0.5) is 0 Å². The van der Waals surface area contributed by atoms with Crippen LogP contribution in [0.5, 0.6) is 5.75 Å². The van der Waals surface area contributed by atoms with E-state index in [0.29, 0.717) is 18.3 Å². The van der Waals surface area contributed by atoms with E-state index in [0.717, 1.165) is 24.5 Å². The van der Waals surface area contributed by atoms with Gasteiger partial charge in [0.05, 0.1) is 6.61 Å². The van der Waals surface area contributed by atoms with Crippen LogP contribution in [0.15, 0.2) is 24.3 Å². The Morgan fingerprint density at radius 2 is 1.81 bits per heavy atom. The number of hydrogen-bond donors (Lipinski definition) is 1. The van der Waals surface area contributed by atoms with Gasteiger partial charge in [0.15, 0.2) is 0 Å². The predicted molar refractivity (Wildman–Crippen MR) is 91.4 cm³/mol. The normalized spacial score (nSPS) is 14.1. The molecule has 0 saturated heterocycles. The van der Waals surface area contributed by atoms with Crippen molar-refractivity contribution in [1.29, 1.82) is 0 Å². The summed E-state index contributed by atoms with van der Waals surface area (Å²) in [5.41, 5.74) is 1.18. The Labute approximate surface area is 131 Å². The zero-order valence-corrected chi connectivity index (χ0v) is 14.5. The Bertz CT molecular complexity index is 417. The molecule has 1 rings (SSSR count). The summed E-state index contributed by atoms with van der Waals surface area (Å²) in [6.07, 6.45) is 1.07. The lowest BCUT2D eigenvalue weighted by atomic mass is 10.1. The third-order valence-corrected chi connectivity index (χ3v) is 4.85. The van der Waals surface area contributed by atoms with Crippen LogP contribution in [0.25, 0.3) is 0 Å². The molecule has 0 fully saturated rings. The number of benzene rings is 1. The Hall–Kier alpha value is -0.870. The molecule has 0 amide bonds. The largest absolute Gasteiger partial charge is 0.494 e. The molecule has 0 heterocycles. The fourth-order valence-electron chi connectivity index (χ4n) is 2.18. The zero-order valence-electron chi connectivity index (χ0n) is 13.7. The van der Waals surface area contributed by atoms with Gasteiger partial charge in [0.2, 0.25) is 0 Å². The second-order valence-corrected chi connectivity index (χ2v) is 7.22. The standard InChI is InChI=1S/C17H29NO2S/c1-5-11-18-17(13-21(19)12-14(3)4)15-7-9-16(10-8-15)20-6-2/h7-10,14,17-18H,5-6,11-13H2,1-4H3. The van der Waals surface area contributed by atoms with Crippen LogP contribution in [0.2, 0.25) is 0 Å². The van der Waals surface area contributed by atoms with Crippen LogP contribution in [0, 0.1) is 5.92 Å². The lowest BCUT2D eigenvalue weighted by Crippen LogP contribution is -2.28. The van der Waals surface area contributed by atoms with Crippen LogP contribution in [0.3, 0.4) is 0 Å². The average molecular weight is 311 g/mol. The van der Waals surface area contributed by atoms with Crippen molar-refractivity contribution in [2.45, 2.75) is 40.2 Å². The molecule has 0 aliphatic rings. The summed E-state index contributed by atoms with van der Waals surface area (Å²) in [5, 5.41) is 3.51. The van der Waals surface area contributed by atoms with Crippen LogP contribution < -0.4 is 10.1 Å². The summed E-state index contributed by atoms with van der Waals surface area (Å²) in [5.74, 6) is 2.80. The smallest absolute Gasteiger partial charge is 0.119 e. The van der Waals surface area contributed by atoms with E-state index in [1.54, 1.807) is 0 Å². The van der Waals surface area contributed by atoms with Crippen molar-refractivity contribution < 1.29 is 8.95 Å². The Kier molecular flexibility index (Phi) is 8.62. The lowest BCUT2D eigenvalue weighted by Gasteiger charge is -2.19. The summed E-state index contributed by atoms with van der Waals surface area (Å²) in [4.78, 5) is 0. The maximum atomic E-state index is 12.2. The molecule has 3 nitrogen and oxygen atoms in total. The fraction of sp³-hybridized carbons (Fsp3) is 0.647. The minimum absolute atomic E-state index is 0.153. The van der Waals surface area contributed by atoms with Gasteiger partial charge >= 0.3 is 0 Å². The Morgan fingerprint density at radius 1 is 1.14 bits per heavy atom. The molecule has 1 aromatic rings. The third kappa shape index (κ3) is 7.09. The molecule has 120 valence electrons. The molecular formula is C17H29NO2S. The minimum Gasteiger partial charge on any atom is -0.494 e. The van der Waals surface area contributed by atoms with Crippen molar-refractivity contribution in [2.75, 3.05) is 24.7 Å². The highest BCUT2D eigenvalue weighted by atomic mass is 32.2. The van der Waals surface area contributed by atoms with Crippen molar-refractivity contribution in [2.24, 2.45) is 5.92 Å². The second kappa shape index (κ2) is 9.96. The average Bonchev–Trinajstić information content (AvgIpc) is 2.44. The molecule has 1 N–H and O–H groups in total. The summed E-state index contributed by atoms with van der Waals surface area (Å²) in [7, 11) is -0.787. The van der Waals surface area contributed by atoms with E-state index < -0.39 is 10.8 Å². The van der Waals surface area contributed by atoms with E-state index in [1.165, 1.54) is 5.56 Å². The molecule has 0 spiro atoms. The number of ether oxygens (including phenoxy) is 1. The summed E-state index contributed by atoms with van der Waals surface area (Å²) >= 11 is 0. The Morgan fingerprint density at radius 3 is 2.33 bits per heavy atom. The molecule has 0 aromatic heterocycles. The van der Waals surface area contributed by atoms with Gasteiger partial charge in [-0.2, -0.15) is 0 Å². The van der Waals surface area contributed by atoms with Crippen LogP contribution in [-0.2, 0) is 10.8 Å². The zero-order chi connectivity index (χ0) is 15.7. The SMILES string of the molecule is CCCNC(CS(=O)CC(C)C)c1ccc(OCC)cc1. The van der Waals surface area contributed by atoms with Gasteiger partial charge in [0.25, 0.3) is 0 Å². The van der Waals surface area contributed by atoms with Gasteiger partial charge < -0.3 is 10.1 Å². The summed E-state index contributed by atoms with van der Waals surface area (Å²) < 4.78 is 17.7. The van der Waals surface area contributed by atoms with E-state index in [9.17, 15) is 4.21 Å². The van der Waals surface area contributed by atoms with E-state index >= 15 is 0 Å². The van der Waals surface area contributed by atoms with Gasteiger partial charge in [0, 0.05) is 28.3 Å². The van der Waals surface area contributed by atoms with Gasteiger partial charge in [-0.3, -0.25) is 4.21 Å². The van der Waals surface area contributed by atoms with Crippen LogP contribution in [-0.4, -0.2) is 28.9 Å². The van der Waals surface area contributed by atoms with Gasteiger partial charge in [0.1, 0.15) is 5.75 Å². The molecule has 1 aromatic carbocycles. The summed E-state index contributed by atoms with van der Waals surface area (Å²) in [6.45, 7) is 9.97. The van der Waals surface area contributed by atoms with Crippen molar-refractivity contribution >= 4 is 10.8 Å². The van der Waals surface area contributed by atoms with Crippen molar-refractivity contribution in [3.8, 4) is 5.75 Å². The van der Waals surface area contributed by atoms with Crippen molar-refractivity contribution in [3.63, 3.8) is 0 Å². The second-order valence-electron chi connectivity index (χ2n) is 5.68. The van der Waals surface area contributed by atoms with Gasteiger partial charge in [-0.25, -0.2) is 0 Å². The Balaban J connectivity index is 2.73. The first-order chi connectivity index (χ1) is 10.1. The molecule has 2 unspecified atom stereocenters. The van der Waals surface area contributed by atoms with Crippen molar-refractivity contribution in [3.05, 3.63) is 29.8 Å². The summed E-state index contributed by atoms with van der Waals surface area (Å²) in [6, 6.07) is 8.28. The molecule has 0 aliphatic heterocycles. The molecule has 2 atom stereocenters. The third-order valence-electron chi connectivity index (χ3n) is 3.11. The first-order valence-corrected chi connectivity index (χ1v) is 9.36. The molecule has 4 heteroatoms. The number of hydrogen-bond acceptors (Lipinski definition) is 3. The highest BCUT2D eigenvalue weighted by Gasteiger charge is 2.15. The van der Waals surface area contributed by atoms with Crippen molar-refractivity contribution in [1.82, 2.24) is 5.32 Å². The first-order valence-electron chi connectivity index (χ1n) is 7.87. The molecule has 21 heavy (non-hydrogen) atoms. The molecule has 0 saturated carbocycles. The quantitative estimate of drug-likeness (QED) is 0.718. The van der Waals surface area contributed by atoms with Gasteiger partial charge in [-0.1, -0.05) is 32.9 Å². The predicted octanol–water partition coefficient (Wildman–Crippen LogP) is 3.53.